The fraction of sp³-hybridized carbons (Fsp3) is 0.353. The zero-order valence-corrected chi connectivity index (χ0v) is 13.5. The second-order valence-corrected chi connectivity index (χ2v) is 6.38. The van der Waals surface area contributed by atoms with Gasteiger partial charge in [0.2, 0.25) is 0 Å². The van der Waals surface area contributed by atoms with Crippen LogP contribution in [0.25, 0.3) is 11.0 Å². The summed E-state index contributed by atoms with van der Waals surface area (Å²) < 4.78 is 1.86. The van der Waals surface area contributed by atoms with Gasteiger partial charge in [0.1, 0.15) is 11.2 Å². The molecular formula is C17H17N5O3. The number of nitrogens with zero attached hydrogens (tertiary/aromatic N) is 4. The van der Waals surface area contributed by atoms with Crippen LogP contribution in [0.5, 0.6) is 0 Å². The molecule has 0 unspecified atom stereocenters. The fourth-order valence-corrected chi connectivity index (χ4v) is 3.45. The molecular weight excluding hydrogens is 322 g/mol. The van der Waals surface area contributed by atoms with Gasteiger partial charge in [0, 0.05) is 18.6 Å². The molecule has 3 aromatic rings. The van der Waals surface area contributed by atoms with Crippen molar-refractivity contribution in [2.75, 3.05) is 0 Å². The first kappa shape index (κ1) is 15.5. The molecule has 2 aromatic heterocycles. The number of aromatic amines is 1. The lowest BCUT2D eigenvalue weighted by molar-refractivity contribution is -0.384. The molecule has 1 N–H and O–H groups in total. The molecule has 1 saturated carbocycles. The third kappa shape index (κ3) is 2.90. The van der Waals surface area contributed by atoms with Gasteiger partial charge >= 0.3 is 0 Å². The second-order valence-electron chi connectivity index (χ2n) is 6.38. The first-order valence-corrected chi connectivity index (χ1v) is 8.31. The van der Waals surface area contributed by atoms with Crippen molar-refractivity contribution in [3.63, 3.8) is 0 Å². The Morgan fingerprint density at radius 3 is 2.88 bits per heavy atom. The van der Waals surface area contributed by atoms with E-state index in [0.29, 0.717) is 23.3 Å². The van der Waals surface area contributed by atoms with Gasteiger partial charge in [0.05, 0.1) is 17.2 Å². The van der Waals surface area contributed by atoms with Gasteiger partial charge in [0.25, 0.3) is 11.2 Å². The number of non-ortho nitro benzene ring substituents is 1. The molecule has 0 atom stereocenters. The van der Waals surface area contributed by atoms with E-state index in [4.69, 9.17) is 0 Å². The summed E-state index contributed by atoms with van der Waals surface area (Å²) in [6.45, 7) is 0. The quantitative estimate of drug-likeness (QED) is 0.581. The summed E-state index contributed by atoms with van der Waals surface area (Å²) in [4.78, 5) is 30.2. The van der Waals surface area contributed by atoms with Gasteiger partial charge < -0.3 is 4.98 Å². The van der Waals surface area contributed by atoms with Crippen molar-refractivity contribution >= 4 is 16.7 Å². The minimum atomic E-state index is -0.433. The highest BCUT2D eigenvalue weighted by atomic mass is 16.6. The monoisotopic (exact) mass is 339 g/mol. The van der Waals surface area contributed by atoms with Gasteiger partial charge in [-0.2, -0.15) is 5.10 Å². The van der Waals surface area contributed by atoms with E-state index in [1.54, 1.807) is 18.3 Å². The SMILES string of the molecule is O=c1[nH]c(Cc2cccc([N+](=O)[O-])c2)nc2c1cnn2C1CCCC1. The molecule has 0 saturated heterocycles. The van der Waals surface area contributed by atoms with Crippen LogP contribution in [-0.4, -0.2) is 24.7 Å². The van der Waals surface area contributed by atoms with Crippen LogP contribution in [0.15, 0.2) is 35.3 Å². The molecule has 8 heteroatoms. The molecule has 128 valence electrons. The Kier molecular flexibility index (Phi) is 3.79. The molecule has 0 aliphatic heterocycles. The maximum Gasteiger partial charge on any atom is 0.269 e. The molecule has 2 heterocycles. The highest BCUT2D eigenvalue weighted by Crippen LogP contribution is 2.30. The third-order valence-corrected chi connectivity index (χ3v) is 4.68. The number of fused-ring (bicyclic) bond motifs is 1. The Morgan fingerprint density at radius 2 is 2.12 bits per heavy atom. The predicted octanol–water partition coefficient (Wildman–Crippen LogP) is 2.73. The molecule has 4 rings (SSSR count). The van der Waals surface area contributed by atoms with Gasteiger partial charge in [-0.15, -0.1) is 0 Å². The van der Waals surface area contributed by atoms with Crippen molar-refractivity contribution in [1.29, 1.82) is 0 Å². The number of nitro benzene ring substituents is 1. The zero-order chi connectivity index (χ0) is 17.4. The molecule has 1 fully saturated rings. The zero-order valence-electron chi connectivity index (χ0n) is 13.5. The van der Waals surface area contributed by atoms with E-state index in [0.717, 1.165) is 31.2 Å². The summed E-state index contributed by atoms with van der Waals surface area (Å²) in [5, 5.41) is 15.8. The number of hydrogen-bond acceptors (Lipinski definition) is 5. The summed E-state index contributed by atoms with van der Waals surface area (Å²) in [6.07, 6.45) is 6.31. The Bertz CT molecular complexity index is 1000. The van der Waals surface area contributed by atoms with Crippen LogP contribution >= 0.6 is 0 Å². The van der Waals surface area contributed by atoms with Crippen LogP contribution < -0.4 is 5.56 Å². The summed E-state index contributed by atoms with van der Waals surface area (Å²) >= 11 is 0. The smallest absolute Gasteiger partial charge is 0.269 e. The van der Waals surface area contributed by atoms with Crippen molar-refractivity contribution in [3.8, 4) is 0 Å². The van der Waals surface area contributed by atoms with Crippen LogP contribution in [0.1, 0.15) is 43.1 Å². The number of nitro groups is 1. The molecule has 1 aliphatic carbocycles. The second kappa shape index (κ2) is 6.12. The largest absolute Gasteiger partial charge is 0.310 e. The molecule has 0 radical (unpaired) electrons. The lowest BCUT2D eigenvalue weighted by atomic mass is 10.1. The van der Waals surface area contributed by atoms with E-state index in [-0.39, 0.29) is 17.3 Å². The summed E-state index contributed by atoms with van der Waals surface area (Å²) in [6, 6.07) is 6.65. The molecule has 8 nitrogen and oxygen atoms in total. The highest BCUT2D eigenvalue weighted by Gasteiger charge is 2.21. The maximum absolute atomic E-state index is 12.3. The van der Waals surface area contributed by atoms with Crippen molar-refractivity contribution < 1.29 is 4.92 Å². The molecule has 0 bridgehead atoms. The van der Waals surface area contributed by atoms with Gasteiger partial charge in [0.15, 0.2) is 5.65 Å². The summed E-state index contributed by atoms with van der Waals surface area (Å²) in [5.41, 5.74) is 1.12. The molecule has 1 aromatic carbocycles. The van der Waals surface area contributed by atoms with Crippen LogP contribution in [0, 0.1) is 10.1 Å². The average Bonchev–Trinajstić information content (AvgIpc) is 3.24. The molecule has 1 aliphatic rings. The predicted molar refractivity (Wildman–Crippen MR) is 91.6 cm³/mol. The van der Waals surface area contributed by atoms with Crippen LogP contribution in [0.3, 0.4) is 0 Å². The van der Waals surface area contributed by atoms with Gasteiger partial charge in [-0.05, 0) is 18.4 Å². The Labute approximate surface area is 142 Å². The maximum atomic E-state index is 12.3. The van der Waals surface area contributed by atoms with E-state index < -0.39 is 4.92 Å². The topological polar surface area (TPSA) is 107 Å². The van der Waals surface area contributed by atoms with Crippen molar-refractivity contribution in [2.24, 2.45) is 0 Å². The van der Waals surface area contributed by atoms with E-state index in [2.05, 4.69) is 15.1 Å². The third-order valence-electron chi connectivity index (χ3n) is 4.68. The van der Waals surface area contributed by atoms with Gasteiger partial charge in [-0.3, -0.25) is 14.9 Å². The fourth-order valence-electron chi connectivity index (χ4n) is 3.45. The minimum Gasteiger partial charge on any atom is -0.310 e. The number of hydrogen-bond donors (Lipinski definition) is 1. The minimum absolute atomic E-state index is 0.0249. The van der Waals surface area contributed by atoms with E-state index in [1.807, 2.05) is 4.68 Å². The van der Waals surface area contributed by atoms with E-state index >= 15 is 0 Å². The summed E-state index contributed by atoms with van der Waals surface area (Å²) in [7, 11) is 0. The summed E-state index contributed by atoms with van der Waals surface area (Å²) in [5.74, 6) is 0.484. The Balaban J connectivity index is 1.72. The van der Waals surface area contributed by atoms with Crippen molar-refractivity contribution in [1.82, 2.24) is 19.7 Å². The first-order valence-electron chi connectivity index (χ1n) is 8.31. The van der Waals surface area contributed by atoms with Crippen LogP contribution in [0.4, 0.5) is 5.69 Å². The normalized spacial score (nSPS) is 15.0. The van der Waals surface area contributed by atoms with Crippen LogP contribution in [0.2, 0.25) is 0 Å². The molecule has 0 spiro atoms. The van der Waals surface area contributed by atoms with Crippen molar-refractivity contribution in [3.05, 3.63) is 62.3 Å². The lowest BCUT2D eigenvalue weighted by Gasteiger charge is -2.11. The van der Waals surface area contributed by atoms with Gasteiger partial charge in [-0.1, -0.05) is 25.0 Å². The van der Waals surface area contributed by atoms with E-state index in [9.17, 15) is 14.9 Å². The molecule has 25 heavy (non-hydrogen) atoms. The number of benzene rings is 1. The number of aromatic nitrogens is 4. The van der Waals surface area contributed by atoms with Crippen LogP contribution in [-0.2, 0) is 6.42 Å². The lowest BCUT2D eigenvalue weighted by Crippen LogP contribution is -2.14. The first-order chi connectivity index (χ1) is 12.1. The number of nitrogens with one attached hydrogen (secondary N) is 1. The van der Waals surface area contributed by atoms with E-state index in [1.165, 1.54) is 12.1 Å². The van der Waals surface area contributed by atoms with Crippen molar-refractivity contribution in [2.45, 2.75) is 38.1 Å². The number of H-pyrrole nitrogens is 1. The standard InChI is InChI=1S/C17H17N5O3/c23-17-14-10-18-21(12-5-1-2-6-12)16(14)19-15(20-17)9-11-4-3-7-13(8-11)22(24)25/h3-4,7-8,10,12H,1-2,5-6,9H2,(H,19,20,23). The highest BCUT2D eigenvalue weighted by molar-refractivity contribution is 5.73. The van der Waals surface area contributed by atoms with Gasteiger partial charge in [-0.25, -0.2) is 9.67 Å². The Morgan fingerprint density at radius 1 is 1.32 bits per heavy atom. The Hall–Kier alpha value is -3.03. The molecule has 0 amide bonds. The average molecular weight is 339 g/mol. The number of rotatable bonds is 4.